The highest BCUT2D eigenvalue weighted by Gasteiger charge is 2.34. The summed E-state index contributed by atoms with van der Waals surface area (Å²) in [7, 11) is 0. The summed E-state index contributed by atoms with van der Waals surface area (Å²) in [5.41, 5.74) is 0. The maximum absolute atomic E-state index is 11.8. The van der Waals surface area contributed by atoms with E-state index in [4.69, 9.17) is 0 Å². The quantitative estimate of drug-likeness (QED) is 0.796. The molecule has 0 aromatic rings. The van der Waals surface area contributed by atoms with Crippen molar-refractivity contribution in [2.24, 2.45) is 5.92 Å². The smallest absolute Gasteiger partial charge is 0.225 e. The lowest BCUT2D eigenvalue weighted by molar-refractivity contribution is -0.133. The fraction of sp³-hybridized carbons (Fsp3) is 0.833. The third kappa shape index (κ3) is 3.69. The topological polar surface area (TPSA) is 49.4 Å². The fourth-order valence-corrected chi connectivity index (χ4v) is 2.58. The summed E-state index contributed by atoms with van der Waals surface area (Å²) < 4.78 is 0. The first kappa shape index (κ1) is 12.9. The molecular formula is C12H19BrN2O2. The van der Waals surface area contributed by atoms with E-state index in [1.165, 1.54) is 0 Å². The van der Waals surface area contributed by atoms with Crippen LogP contribution in [-0.2, 0) is 9.59 Å². The number of hydrogen-bond acceptors (Lipinski definition) is 2. The minimum absolute atomic E-state index is 0.105. The van der Waals surface area contributed by atoms with E-state index in [2.05, 4.69) is 21.2 Å². The maximum atomic E-state index is 11.8. The van der Waals surface area contributed by atoms with Gasteiger partial charge in [0, 0.05) is 36.8 Å². The number of alkyl halides is 1. The number of amides is 2. The average Bonchev–Trinajstić information content (AvgIpc) is 3.13. The summed E-state index contributed by atoms with van der Waals surface area (Å²) in [6.45, 7) is 1.60. The molecule has 0 atom stereocenters. The number of carbonyl (C=O) groups excluding carboxylic acids is 2. The van der Waals surface area contributed by atoms with Crippen LogP contribution in [-0.4, -0.2) is 41.2 Å². The fourth-order valence-electron chi connectivity index (χ4n) is 2.22. The molecule has 1 saturated heterocycles. The minimum Gasteiger partial charge on any atom is -0.353 e. The van der Waals surface area contributed by atoms with Crippen molar-refractivity contribution in [1.29, 1.82) is 0 Å². The van der Waals surface area contributed by atoms with Crippen LogP contribution in [0.2, 0.25) is 0 Å². The van der Waals surface area contributed by atoms with E-state index in [-0.39, 0.29) is 11.9 Å². The summed E-state index contributed by atoms with van der Waals surface area (Å²) >= 11 is 3.25. The van der Waals surface area contributed by atoms with Crippen LogP contribution in [0.5, 0.6) is 0 Å². The molecule has 0 aromatic carbocycles. The highest BCUT2D eigenvalue weighted by atomic mass is 79.9. The van der Waals surface area contributed by atoms with Gasteiger partial charge >= 0.3 is 0 Å². The number of nitrogens with zero attached hydrogens (tertiary/aromatic N) is 1. The van der Waals surface area contributed by atoms with Crippen molar-refractivity contribution < 1.29 is 9.59 Å². The van der Waals surface area contributed by atoms with E-state index < -0.39 is 0 Å². The van der Waals surface area contributed by atoms with E-state index in [1.54, 1.807) is 0 Å². The monoisotopic (exact) mass is 302 g/mol. The van der Waals surface area contributed by atoms with Crippen LogP contribution in [0.25, 0.3) is 0 Å². The number of nitrogens with one attached hydrogen (secondary N) is 1. The average molecular weight is 303 g/mol. The third-order valence-corrected chi connectivity index (χ3v) is 3.82. The van der Waals surface area contributed by atoms with Gasteiger partial charge in [0.15, 0.2) is 0 Å². The van der Waals surface area contributed by atoms with Gasteiger partial charge in [0.2, 0.25) is 11.8 Å². The third-order valence-electron chi connectivity index (χ3n) is 3.42. The van der Waals surface area contributed by atoms with Gasteiger partial charge in [-0.15, -0.1) is 0 Å². The predicted octanol–water partition coefficient (Wildman–Crippen LogP) is 1.29. The maximum Gasteiger partial charge on any atom is 0.225 e. The van der Waals surface area contributed by atoms with Crippen LogP contribution in [0.15, 0.2) is 0 Å². The van der Waals surface area contributed by atoms with Crippen molar-refractivity contribution in [1.82, 2.24) is 10.2 Å². The van der Waals surface area contributed by atoms with Crippen LogP contribution in [0.3, 0.4) is 0 Å². The molecule has 1 aliphatic heterocycles. The first-order chi connectivity index (χ1) is 8.20. The van der Waals surface area contributed by atoms with E-state index >= 15 is 0 Å². The Bertz CT molecular complexity index is 297. The number of hydrogen-bond donors (Lipinski definition) is 1. The minimum atomic E-state index is 0.105. The summed E-state index contributed by atoms with van der Waals surface area (Å²) in [5, 5.41) is 3.72. The van der Waals surface area contributed by atoms with Crippen molar-refractivity contribution in [3.63, 3.8) is 0 Å². The van der Waals surface area contributed by atoms with Gasteiger partial charge in [0.25, 0.3) is 0 Å². The Labute approximate surface area is 110 Å². The molecule has 1 heterocycles. The zero-order chi connectivity index (χ0) is 12.3. The van der Waals surface area contributed by atoms with Gasteiger partial charge in [-0.3, -0.25) is 9.59 Å². The number of likely N-dealkylation sites (tertiary alicyclic amines) is 1. The second-order valence-corrected chi connectivity index (χ2v) is 5.67. The second kappa shape index (κ2) is 5.85. The van der Waals surface area contributed by atoms with Crippen LogP contribution < -0.4 is 5.32 Å². The summed E-state index contributed by atoms with van der Waals surface area (Å²) in [6.07, 6.45) is 4.46. The molecule has 1 N–H and O–H groups in total. The van der Waals surface area contributed by atoms with Crippen molar-refractivity contribution in [3.8, 4) is 0 Å². The molecule has 0 unspecified atom stereocenters. The summed E-state index contributed by atoms with van der Waals surface area (Å²) in [6, 6.07) is 0.254. The number of piperidine rings is 1. The molecule has 2 amide bonds. The predicted molar refractivity (Wildman–Crippen MR) is 68.9 cm³/mol. The Kier molecular flexibility index (Phi) is 4.42. The summed E-state index contributed by atoms with van der Waals surface area (Å²) in [4.78, 5) is 25.2. The van der Waals surface area contributed by atoms with Gasteiger partial charge in [0.05, 0.1) is 0 Å². The normalized spacial score (nSPS) is 21.4. The lowest BCUT2D eigenvalue weighted by atomic mass is 10.0. The van der Waals surface area contributed by atoms with E-state index in [0.29, 0.717) is 23.6 Å². The van der Waals surface area contributed by atoms with Crippen molar-refractivity contribution in [3.05, 3.63) is 0 Å². The van der Waals surface area contributed by atoms with Gasteiger partial charge in [-0.25, -0.2) is 0 Å². The number of rotatable bonds is 4. The number of carbonyl (C=O) groups is 2. The second-order valence-electron chi connectivity index (χ2n) is 4.88. The van der Waals surface area contributed by atoms with Crippen LogP contribution in [0.4, 0.5) is 0 Å². The molecule has 2 fully saturated rings. The molecule has 1 aliphatic carbocycles. The zero-order valence-electron chi connectivity index (χ0n) is 9.95. The highest BCUT2D eigenvalue weighted by molar-refractivity contribution is 9.09. The van der Waals surface area contributed by atoms with Crippen molar-refractivity contribution in [2.75, 3.05) is 18.4 Å². The first-order valence-electron chi connectivity index (χ1n) is 6.35. The molecule has 0 spiro atoms. The molecule has 2 aliphatic rings. The largest absolute Gasteiger partial charge is 0.353 e. The van der Waals surface area contributed by atoms with Crippen LogP contribution >= 0.6 is 15.9 Å². The van der Waals surface area contributed by atoms with Gasteiger partial charge in [-0.05, 0) is 25.7 Å². The first-order valence-corrected chi connectivity index (χ1v) is 7.47. The van der Waals surface area contributed by atoms with Gasteiger partial charge < -0.3 is 10.2 Å². The van der Waals surface area contributed by atoms with Crippen molar-refractivity contribution >= 4 is 27.7 Å². The summed E-state index contributed by atoms with van der Waals surface area (Å²) in [5.74, 6) is 0.749. The zero-order valence-corrected chi connectivity index (χ0v) is 11.5. The Morgan fingerprint density at radius 2 is 1.82 bits per heavy atom. The van der Waals surface area contributed by atoms with Crippen molar-refractivity contribution in [2.45, 2.75) is 38.1 Å². The standard InChI is InChI=1S/C12H19BrN2O2/c13-6-3-11(16)14-10-4-7-15(8-5-10)12(17)9-1-2-9/h9-10H,1-8H2,(H,14,16). The molecular weight excluding hydrogens is 284 g/mol. The molecule has 0 bridgehead atoms. The lowest BCUT2D eigenvalue weighted by Crippen LogP contribution is -2.47. The molecule has 2 rings (SSSR count). The van der Waals surface area contributed by atoms with E-state index in [0.717, 1.165) is 38.8 Å². The molecule has 17 heavy (non-hydrogen) atoms. The molecule has 4 nitrogen and oxygen atoms in total. The lowest BCUT2D eigenvalue weighted by Gasteiger charge is -2.32. The molecule has 96 valence electrons. The Morgan fingerprint density at radius 3 is 2.35 bits per heavy atom. The molecule has 0 radical (unpaired) electrons. The van der Waals surface area contributed by atoms with E-state index in [9.17, 15) is 9.59 Å². The Hall–Kier alpha value is -0.580. The highest BCUT2D eigenvalue weighted by Crippen LogP contribution is 2.31. The molecule has 5 heteroatoms. The van der Waals surface area contributed by atoms with Crippen LogP contribution in [0.1, 0.15) is 32.1 Å². The Morgan fingerprint density at radius 1 is 1.18 bits per heavy atom. The SMILES string of the molecule is O=C(CCBr)NC1CCN(C(=O)C2CC2)CC1. The van der Waals surface area contributed by atoms with E-state index in [1.807, 2.05) is 4.90 Å². The Balaban J connectivity index is 1.70. The molecule has 1 saturated carbocycles. The van der Waals surface area contributed by atoms with Gasteiger partial charge in [-0.2, -0.15) is 0 Å². The number of halogens is 1. The molecule has 0 aromatic heterocycles. The van der Waals surface area contributed by atoms with Gasteiger partial charge in [0.1, 0.15) is 0 Å². The van der Waals surface area contributed by atoms with Gasteiger partial charge in [-0.1, -0.05) is 15.9 Å². The van der Waals surface area contributed by atoms with Crippen LogP contribution in [0, 0.1) is 5.92 Å².